The van der Waals surface area contributed by atoms with Crippen LogP contribution in [0.3, 0.4) is 0 Å². The number of nitrogens with one attached hydrogen (secondary N) is 1. The molecule has 0 aliphatic rings. The summed E-state index contributed by atoms with van der Waals surface area (Å²) in [6, 6.07) is 12.8. The molecular weight excluding hydrogens is 312 g/mol. The number of carbonyl (C=O) groups excluding carboxylic acids is 2. The van der Waals surface area contributed by atoms with Gasteiger partial charge in [0.15, 0.2) is 6.10 Å². The number of hydrogen-bond acceptors (Lipinski definition) is 5. The van der Waals surface area contributed by atoms with E-state index in [1.165, 1.54) is 19.1 Å². The van der Waals surface area contributed by atoms with Gasteiger partial charge in [-0.25, -0.2) is 4.79 Å². The SMILES string of the molecule is Cc1ccc(C(=O)O[C@H](C)C(=O)Nc2ccccc2)cc1[N+](=O)[O-]. The maximum Gasteiger partial charge on any atom is 0.339 e. The second-order valence-electron chi connectivity index (χ2n) is 5.16. The third-order valence-corrected chi connectivity index (χ3v) is 3.34. The van der Waals surface area contributed by atoms with Gasteiger partial charge in [-0.2, -0.15) is 0 Å². The number of nitro groups is 1. The average molecular weight is 328 g/mol. The molecule has 1 N–H and O–H groups in total. The van der Waals surface area contributed by atoms with Crippen molar-refractivity contribution in [1.29, 1.82) is 0 Å². The molecule has 0 heterocycles. The van der Waals surface area contributed by atoms with Gasteiger partial charge in [-0.1, -0.05) is 24.3 Å². The molecule has 0 radical (unpaired) electrons. The molecule has 0 aliphatic heterocycles. The van der Waals surface area contributed by atoms with Crippen molar-refractivity contribution in [2.75, 3.05) is 5.32 Å². The van der Waals surface area contributed by atoms with Crippen molar-refractivity contribution in [3.63, 3.8) is 0 Å². The second kappa shape index (κ2) is 7.36. The highest BCUT2D eigenvalue weighted by Crippen LogP contribution is 2.20. The number of aryl methyl sites for hydroxylation is 1. The molecule has 0 saturated carbocycles. The minimum Gasteiger partial charge on any atom is -0.449 e. The van der Waals surface area contributed by atoms with Gasteiger partial charge in [0.1, 0.15) is 0 Å². The number of nitro benzene ring substituents is 1. The van der Waals surface area contributed by atoms with Crippen LogP contribution < -0.4 is 5.32 Å². The number of ether oxygens (including phenoxy) is 1. The zero-order valence-electron chi connectivity index (χ0n) is 13.2. The molecule has 1 atom stereocenters. The molecule has 0 bridgehead atoms. The Labute approximate surface area is 138 Å². The topological polar surface area (TPSA) is 98.5 Å². The number of para-hydroxylation sites is 1. The van der Waals surface area contributed by atoms with E-state index < -0.39 is 22.9 Å². The van der Waals surface area contributed by atoms with Crippen LogP contribution in [-0.2, 0) is 9.53 Å². The Morgan fingerprint density at radius 1 is 1.17 bits per heavy atom. The van der Waals surface area contributed by atoms with Crippen molar-refractivity contribution in [2.24, 2.45) is 0 Å². The lowest BCUT2D eigenvalue weighted by atomic mass is 10.1. The molecule has 2 aromatic rings. The summed E-state index contributed by atoms with van der Waals surface area (Å²) in [5.74, 6) is -1.29. The largest absolute Gasteiger partial charge is 0.449 e. The average Bonchev–Trinajstić information content (AvgIpc) is 2.55. The van der Waals surface area contributed by atoms with Gasteiger partial charge in [0.2, 0.25) is 0 Å². The molecule has 24 heavy (non-hydrogen) atoms. The molecule has 7 nitrogen and oxygen atoms in total. The molecule has 0 fully saturated rings. The minimum atomic E-state index is -1.04. The van der Waals surface area contributed by atoms with Crippen LogP contribution in [0.25, 0.3) is 0 Å². The lowest BCUT2D eigenvalue weighted by Crippen LogP contribution is -2.30. The number of amides is 1. The summed E-state index contributed by atoms with van der Waals surface area (Å²) in [4.78, 5) is 34.4. The van der Waals surface area contributed by atoms with E-state index in [0.717, 1.165) is 6.07 Å². The van der Waals surface area contributed by atoms with E-state index in [0.29, 0.717) is 11.3 Å². The smallest absolute Gasteiger partial charge is 0.339 e. The fourth-order valence-electron chi connectivity index (χ4n) is 1.98. The van der Waals surface area contributed by atoms with Gasteiger partial charge in [0.25, 0.3) is 11.6 Å². The highest BCUT2D eigenvalue weighted by atomic mass is 16.6. The first-order valence-corrected chi connectivity index (χ1v) is 7.20. The van der Waals surface area contributed by atoms with Crippen LogP contribution in [0.2, 0.25) is 0 Å². The molecule has 124 valence electrons. The maximum absolute atomic E-state index is 12.1. The predicted octanol–water partition coefficient (Wildman–Crippen LogP) is 3.09. The third-order valence-electron chi connectivity index (χ3n) is 3.34. The summed E-state index contributed by atoms with van der Waals surface area (Å²) in [5, 5.41) is 13.5. The predicted molar refractivity (Wildman–Crippen MR) is 87.8 cm³/mol. The number of carbonyl (C=O) groups is 2. The van der Waals surface area contributed by atoms with Gasteiger partial charge < -0.3 is 10.1 Å². The van der Waals surface area contributed by atoms with Crippen LogP contribution in [0.4, 0.5) is 11.4 Å². The van der Waals surface area contributed by atoms with E-state index >= 15 is 0 Å². The van der Waals surface area contributed by atoms with Crippen molar-refractivity contribution >= 4 is 23.3 Å². The number of anilines is 1. The fourth-order valence-corrected chi connectivity index (χ4v) is 1.98. The first kappa shape index (κ1) is 17.1. The summed E-state index contributed by atoms with van der Waals surface area (Å²) in [6.07, 6.45) is -1.04. The summed E-state index contributed by atoms with van der Waals surface area (Å²) < 4.78 is 5.07. The first-order chi connectivity index (χ1) is 11.4. The van der Waals surface area contributed by atoms with Crippen molar-refractivity contribution in [3.05, 3.63) is 69.8 Å². The summed E-state index contributed by atoms with van der Waals surface area (Å²) in [6.45, 7) is 3.00. The summed E-state index contributed by atoms with van der Waals surface area (Å²) in [7, 11) is 0. The van der Waals surface area contributed by atoms with Gasteiger partial charge in [-0.3, -0.25) is 14.9 Å². The van der Waals surface area contributed by atoms with Crippen LogP contribution in [0.5, 0.6) is 0 Å². The molecule has 0 aliphatic carbocycles. The molecule has 0 unspecified atom stereocenters. The molecule has 0 saturated heterocycles. The Morgan fingerprint density at radius 2 is 1.83 bits per heavy atom. The first-order valence-electron chi connectivity index (χ1n) is 7.20. The fraction of sp³-hybridized carbons (Fsp3) is 0.176. The second-order valence-corrected chi connectivity index (χ2v) is 5.16. The van der Waals surface area contributed by atoms with E-state index in [-0.39, 0.29) is 11.3 Å². The van der Waals surface area contributed by atoms with Gasteiger partial charge in [0.05, 0.1) is 10.5 Å². The number of benzene rings is 2. The zero-order chi connectivity index (χ0) is 17.7. The summed E-state index contributed by atoms with van der Waals surface area (Å²) in [5.41, 5.74) is 0.861. The van der Waals surface area contributed by atoms with Crippen LogP contribution in [-0.4, -0.2) is 22.9 Å². The van der Waals surface area contributed by atoms with Gasteiger partial charge in [-0.05, 0) is 32.0 Å². The lowest BCUT2D eigenvalue weighted by molar-refractivity contribution is -0.385. The number of nitrogens with zero attached hydrogens (tertiary/aromatic N) is 1. The number of esters is 1. The number of hydrogen-bond donors (Lipinski definition) is 1. The Hall–Kier alpha value is -3.22. The maximum atomic E-state index is 12.1. The van der Waals surface area contributed by atoms with E-state index in [2.05, 4.69) is 5.32 Å². The zero-order valence-corrected chi connectivity index (χ0v) is 13.2. The van der Waals surface area contributed by atoms with Gasteiger partial charge in [-0.15, -0.1) is 0 Å². The number of rotatable bonds is 5. The van der Waals surface area contributed by atoms with Crippen LogP contribution in [0, 0.1) is 17.0 Å². The Morgan fingerprint density at radius 3 is 2.46 bits per heavy atom. The highest BCUT2D eigenvalue weighted by Gasteiger charge is 2.21. The van der Waals surface area contributed by atoms with Crippen molar-refractivity contribution in [3.8, 4) is 0 Å². The van der Waals surface area contributed by atoms with E-state index in [9.17, 15) is 19.7 Å². The quantitative estimate of drug-likeness (QED) is 0.516. The van der Waals surface area contributed by atoms with Crippen molar-refractivity contribution in [2.45, 2.75) is 20.0 Å². The lowest BCUT2D eigenvalue weighted by Gasteiger charge is -2.13. The van der Waals surface area contributed by atoms with E-state index in [1.54, 1.807) is 31.2 Å². The Bertz CT molecular complexity index is 774. The van der Waals surface area contributed by atoms with Gasteiger partial charge >= 0.3 is 5.97 Å². The standard InChI is InChI=1S/C17H16N2O5/c1-11-8-9-13(10-15(11)19(22)23)17(21)24-12(2)16(20)18-14-6-4-3-5-7-14/h3-10,12H,1-2H3,(H,18,20)/t12-/m1/s1. The molecule has 7 heteroatoms. The van der Waals surface area contributed by atoms with Crippen molar-refractivity contribution < 1.29 is 19.2 Å². The summed E-state index contributed by atoms with van der Waals surface area (Å²) >= 11 is 0. The van der Waals surface area contributed by atoms with E-state index in [1.807, 2.05) is 6.07 Å². The molecule has 2 rings (SSSR count). The Balaban J connectivity index is 2.04. The normalized spacial score (nSPS) is 11.4. The Kier molecular flexibility index (Phi) is 5.26. The molecule has 1 amide bonds. The van der Waals surface area contributed by atoms with Crippen LogP contribution in [0.15, 0.2) is 48.5 Å². The van der Waals surface area contributed by atoms with Gasteiger partial charge in [0, 0.05) is 17.3 Å². The minimum absolute atomic E-state index is 0.0201. The molecule has 0 aromatic heterocycles. The molecule has 2 aromatic carbocycles. The third kappa shape index (κ3) is 4.16. The van der Waals surface area contributed by atoms with Crippen LogP contribution >= 0.6 is 0 Å². The highest BCUT2D eigenvalue weighted by molar-refractivity contribution is 5.97. The molecular formula is C17H16N2O5. The molecule has 0 spiro atoms. The van der Waals surface area contributed by atoms with E-state index in [4.69, 9.17) is 4.74 Å². The monoisotopic (exact) mass is 328 g/mol. The van der Waals surface area contributed by atoms with Crippen LogP contribution in [0.1, 0.15) is 22.8 Å². The van der Waals surface area contributed by atoms with Crippen molar-refractivity contribution in [1.82, 2.24) is 0 Å².